The number of hydrogen-bond acceptors (Lipinski definition) is 4. The van der Waals surface area contributed by atoms with Gasteiger partial charge in [-0.15, -0.1) is 0 Å². The number of nitrogens with two attached hydrogens (primary N) is 1. The quantitative estimate of drug-likeness (QED) is 0.256. The van der Waals surface area contributed by atoms with E-state index in [1.165, 1.54) is 46.0 Å². The Bertz CT molecular complexity index is 2030. The van der Waals surface area contributed by atoms with E-state index in [1.807, 2.05) is 17.0 Å². The molecule has 2 N–H and O–H groups in total. The van der Waals surface area contributed by atoms with E-state index >= 15 is 0 Å². The maximum absolute atomic E-state index is 13.7. The predicted octanol–water partition coefficient (Wildman–Crippen LogP) is 6.27. The molecule has 222 valence electrons. The number of ether oxygens (including phenoxy) is 1. The monoisotopic (exact) mass is 583 g/mol. The zero-order chi connectivity index (χ0) is 29.7. The van der Waals surface area contributed by atoms with Crippen molar-refractivity contribution in [1.29, 1.82) is 0 Å². The van der Waals surface area contributed by atoms with E-state index in [0.29, 0.717) is 23.1 Å². The van der Waals surface area contributed by atoms with Crippen LogP contribution in [-0.4, -0.2) is 50.7 Å². The zero-order valence-electron chi connectivity index (χ0n) is 25.3. The number of allylic oxidation sites excluding steroid dienone is 1. The molecule has 5 aromatic rings. The third-order valence-corrected chi connectivity index (χ3v) is 10.7. The number of aryl methyl sites for hydroxylation is 1. The lowest BCUT2D eigenvalue weighted by molar-refractivity contribution is 0.0700. The van der Waals surface area contributed by atoms with Gasteiger partial charge >= 0.3 is 0 Å². The lowest BCUT2D eigenvalue weighted by Gasteiger charge is -2.27. The van der Waals surface area contributed by atoms with Crippen LogP contribution in [0.5, 0.6) is 5.75 Å². The van der Waals surface area contributed by atoms with Crippen LogP contribution in [0, 0.1) is 11.8 Å². The maximum atomic E-state index is 13.7. The van der Waals surface area contributed by atoms with Gasteiger partial charge in [-0.3, -0.25) is 4.79 Å². The van der Waals surface area contributed by atoms with Gasteiger partial charge in [-0.05, 0) is 90.5 Å². The molecule has 3 aromatic carbocycles. The molecule has 4 aliphatic rings. The summed E-state index contributed by atoms with van der Waals surface area (Å²) in [6, 6.07) is 21.9. The van der Waals surface area contributed by atoms with Crippen LogP contribution in [0.15, 0.2) is 60.7 Å². The largest absolute Gasteiger partial charge is 0.494 e. The first-order chi connectivity index (χ1) is 21.5. The normalized spacial score (nSPS) is 22.3. The minimum Gasteiger partial charge on any atom is -0.494 e. The Morgan fingerprint density at radius 2 is 1.91 bits per heavy atom. The van der Waals surface area contributed by atoms with Crippen LogP contribution >= 0.6 is 0 Å². The van der Waals surface area contributed by atoms with Crippen molar-refractivity contribution in [3.63, 3.8) is 0 Å². The summed E-state index contributed by atoms with van der Waals surface area (Å²) in [6.45, 7) is 1.72. The SMILES string of the molecule is COc1cc(C(=O)N2C[C@H]3CCC2[C@@H]3N)cc2nc(-c3cc4ccc(C5=Cc6ccccc6C5)cc4n3CC3CC3)n(C)c12. The number of nitrogens with zero attached hydrogens (tertiary/aromatic N) is 4. The molecule has 1 amide bonds. The average molecular weight is 584 g/mol. The molecule has 9 rings (SSSR count). The highest BCUT2D eigenvalue weighted by atomic mass is 16.5. The molecule has 1 aliphatic heterocycles. The molecule has 3 fully saturated rings. The van der Waals surface area contributed by atoms with Crippen LogP contribution in [0.2, 0.25) is 0 Å². The Kier molecular flexibility index (Phi) is 5.67. The van der Waals surface area contributed by atoms with E-state index in [9.17, 15) is 4.79 Å². The highest BCUT2D eigenvalue weighted by Gasteiger charge is 2.47. The number of amides is 1. The summed E-state index contributed by atoms with van der Waals surface area (Å²) >= 11 is 0. The number of piperidine rings is 1. The number of carbonyl (C=O) groups excluding carboxylic acids is 1. The topological polar surface area (TPSA) is 78.3 Å². The molecule has 3 heterocycles. The molecular weight excluding hydrogens is 546 g/mol. The molecule has 1 unspecified atom stereocenters. The molecule has 3 aliphatic carbocycles. The van der Waals surface area contributed by atoms with Crippen molar-refractivity contribution < 1.29 is 9.53 Å². The van der Waals surface area contributed by atoms with Crippen LogP contribution in [0.3, 0.4) is 0 Å². The van der Waals surface area contributed by atoms with Gasteiger partial charge in [-0.1, -0.05) is 42.5 Å². The van der Waals surface area contributed by atoms with Crippen LogP contribution in [0.4, 0.5) is 0 Å². The number of benzene rings is 3. The number of likely N-dealkylation sites (tertiary alicyclic amines) is 1. The molecule has 0 spiro atoms. The van der Waals surface area contributed by atoms with E-state index in [4.69, 9.17) is 15.5 Å². The Morgan fingerprint density at radius 3 is 2.66 bits per heavy atom. The Morgan fingerprint density at radius 1 is 1.05 bits per heavy atom. The van der Waals surface area contributed by atoms with Crippen LogP contribution < -0.4 is 10.5 Å². The van der Waals surface area contributed by atoms with Crippen LogP contribution in [-0.2, 0) is 20.0 Å². The summed E-state index contributed by atoms with van der Waals surface area (Å²) in [4.78, 5) is 20.9. The molecule has 2 aromatic heterocycles. The minimum atomic E-state index is 0.0267. The van der Waals surface area contributed by atoms with Gasteiger partial charge in [0.25, 0.3) is 5.91 Å². The summed E-state index contributed by atoms with van der Waals surface area (Å²) < 4.78 is 10.5. The highest BCUT2D eigenvalue weighted by molar-refractivity contribution is 6.01. The fraction of sp³-hybridized carbons (Fsp3) is 0.351. The summed E-state index contributed by atoms with van der Waals surface area (Å²) in [5.74, 6) is 2.68. The summed E-state index contributed by atoms with van der Waals surface area (Å²) in [5.41, 5.74) is 16.4. The second-order valence-electron chi connectivity index (χ2n) is 13.4. The van der Waals surface area contributed by atoms with Crippen LogP contribution in [0.25, 0.3) is 45.1 Å². The lowest BCUT2D eigenvalue weighted by atomic mass is 10.0. The third-order valence-electron chi connectivity index (χ3n) is 10.7. The van der Waals surface area contributed by atoms with E-state index in [-0.39, 0.29) is 18.0 Å². The molecule has 7 nitrogen and oxygen atoms in total. The van der Waals surface area contributed by atoms with Gasteiger partial charge in [0.2, 0.25) is 0 Å². The van der Waals surface area contributed by atoms with E-state index in [1.54, 1.807) is 7.11 Å². The molecule has 2 bridgehead atoms. The van der Waals surface area contributed by atoms with Gasteiger partial charge in [0, 0.05) is 48.7 Å². The van der Waals surface area contributed by atoms with Crippen molar-refractivity contribution in [2.45, 2.75) is 50.7 Å². The zero-order valence-corrected chi connectivity index (χ0v) is 25.3. The van der Waals surface area contributed by atoms with Crippen LogP contribution in [0.1, 0.15) is 52.7 Å². The fourth-order valence-corrected chi connectivity index (χ4v) is 8.13. The van der Waals surface area contributed by atoms with Crippen molar-refractivity contribution in [2.75, 3.05) is 13.7 Å². The first-order valence-electron chi connectivity index (χ1n) is 16.0. The van der Waals surface area contributed by atoms with E-state index in [0.717, 1.165) is 54.9 Å². The van der Waals surface area contributed by atoms with E-state index < -0.39 is 0 Å². The highest BCUT2D eigenvalue weighted by Crippen LogP contribution is 2.41. The van der Waals surface area contributed by atoms with Gasteiger partial charge in [-0.25, -0.2) is 4.98 Å². The fourth-order valence-electron chi connectivity index (χ4n) is 8.13. The van der Waals surface area contributed by atoms with Gasteiger partial charge in [0.1, 0.15) is 11.3 Å². The molecule has 2 saturated carbocycles. The number of rotatable bonds is 6. The molecule has 7 heteroatoms. The summed E-state index contributed by atoms with van der Waals surface area (Å²) in [6.07, 6.45) is 7.94. The first-order valence-corrected chi connectivity index (χ1v) is 16.0. The third kappa shape index (κ3) is 3.91. The van der Waals surface area contributed by atoms with Gasteiger partial charge < -0.3 is 24.5 Å². The second kappa shape index (κ2) is 9.57. The number of carbonyl (C=O) groups is 1. The lowest BCUT2D eigenvalue weighted by Crippen LogP contribution is -2.41. The first kappa shape index (κ1) is 26.1. The number of methoxy groups -OCH3 is 1. The predicted molar refractivity (Wildman–Crippen MR) is 174 cm³/mol. The van der Waals surface area contributed by atoms with Gasteiger partial charge in [0.05, 0.1) is 18.3 Å². The molecule has 1 saturated heterocycles. The average Bonchev–Trinajstić information content (AvgIpc) is 3.31. The molecule has 44 heavy (non-hydrogen) atoms. The van der Waals surface area contributed by atoms with Crippen molar-refractivity contribution in [1.82, 2.24) is 19.0 Å². The Hall–Kier alpha value is -4.36. The molecule has 0 radical (unpaired) electrons. The number of aromatic nitrogens is 3. The van der Waals surface area contributed by atoms with Crippen molar-refractivity contribution in [3.8, 4) is 17.3 Å². The van der Waals surface area contributed by atoms with Crippen molar-refractivity contribution >= 4 is 39.5 Å². The Labute approximate surface area is 256 Å². The molecular formula is C37H37N5O2. The van der Waals surface area contributed by atoms with Gasteiger partial charge in [0.15, 0.2) is 5.82 Å². The summed E-state index contributed by atoms with van der Waals surface area (Å²) in [5, 5.41) is 1.22. The van der Waals surface area contributed by atoms with Gasteiger partial charge in [-0.2, -0.15) is 0 Å². The standard InChI is InChI=1S/C37H37N5O2/c1-40-35-29(15-28(18-33(35)44-2)37(43)42-20-26-11-12-30(42)34(26)38)39-36(40)32-17-25-10-9-24(16-31(25)41(32)19-21-7-8-21)27-13-22-5-3-4-6-23(22)14-27/h3-6,9-10,13,15-18,21,26,30,34H,7-8,11-12,14,19-20,38H2,1-2H3/t26-,30?,34-/m1/s1. The number of imidazole rings is 1. The summed E-state index contributed by atoms with van der Waals surface area (Å²) in [7, 11) is 3.73. The van der Waals surface area contributed by atoms with Crippen molar-refractivity contribution in [3.05, 3.63) is 82.9 Å². The number of fused-ring (bicyclic) bond motifs is 5. The maximum Gasteiger partial charge on any atom is 0.254 e. The Balaban J connectivity index is 1.14. The van der Waals surface area contributed by atoms with E-state index in [2.05, 4.69) is 70.8 Å². The second-order valence-corrected chi connectivity index (χ2v) is 13.4. The number of hydrogen-bond donors (Lipinski definition) is 1. The minimum absolute atomic E-state index is 0.0267. The molecule has 3 atom stereocenters. The van der Waals surface area contributed by atoms with Crippen molar-refractivity contribution in [2.24, 2.45) is 24.6 Å². The smallest absolute Gasteiger partial charge is 0.254 e.